The van der Waals surface area contributed by atoms with Crippen molar-refractivity contribution < 1.29 is 8.42 Å². The molecule has 3 N–H and O–H groups in total. The maximum Gasteiger partial charge on any atom is 0.209 e. The van der Waals surface area contributed by atoms with Crippen molar-refractivity contribution in [2.45, 2.75) is 6.42 Å². The molecule has 2 aromatic rings. The van der Waals surface area contributed by atoms with E-state index in [0.717, 1.165) is 15.4 Å². The number of nitrogens with zero attached hydrogens (tertiary/aromatic N) is 2. The van der Waals surface area contributed by atoms with Crippen LogP contribution in [-0.2, 0) is 10.0 Å². The summed E-state index contributed by atoms with van der Waals surface area (Å²) in [4.78, 5) is 8.32. The number of sulfonamides is 1. The fourth-order valence-corrected chi connectivity index (χ4v) is 2.56. The molecule has 0 aliphatic rings. The van der Waals surface area contributed by atoms with Gasteiger partial charge >= 0.3 is 0 Å². The summed E-state index contributed by atoms with van der Waals surface area (Å²) in [7, 11) is -3.41. The summed E-state index contributed by atoms with van der Waals surface area (Å²) in [5.41, 5.74) is 0.826. The van der Waals surface area contributed by atoms with Crippen molar-refractivity contribution >= 4 is 42.7 Å². The third kappa shape index (κ3) is 4.12. The van der Waals surface area contributed by atoms with Crippen LogP contribution in [0, 0.1) is 0 Å². The number of halogens is 1. The first kappa shape index (κ1) is 14.2. The highest BCUT2D eigenvalue weighted by Crippen LogP contribution is 2.23. The van der Waals surface area contributed by atoms with Crippen LogP contribution in [0.15, 0.2) is 29.0 Å². The molecule has 0 atom stereocenters. The monoisotopic (exact) mass is 344 g/mol. The maximum absolute atomic E-state index is 10.8. The summed E-state index contributed by atoms with van der Waals surface area (Å²) >= 11 is 3.40. The fourth-order valence-electron chi connectivity index (χ4n) is 1.65. The molecule has 19 heavy (non-hydrogen) atoms. The number of nitrogens with one attached hydrogen (secondary N) is 1. The Morgan fingerprint density at radius 2 is 2.11 bits per heavy atom. The van der Waals surface area contributed by atoms with Gasteiger partial charge in [0.25, 0.3) is 0 Å². The molecule has 1 aromatic heterocycles. The number of hydrogen-bond acceptors (Lipinski definition) is 5. The lowest BCUT2D eigenvalue weighted by Crippen LogP contribution is -2.18. The predicted octanol–water partition coefficient (Wildman–Crippen LogP) is 1.48. The van der Waals surface area contributed by atoms with Gasteiger partial charge in [-0.25, -0.2) is 23.5 Å². The largest absolute Gasteiger partial charge is 0.369 e. The Labute approximate surface area is 119 Å². The molecule has 6 nitrogen and oxygen atoms in total. The molecule has 0 bridgehead atoms. The number of hydrogen-bond donors (Lipinski definition) is 2. The number of fused-ring (bicyclic) bond motifs is 1. The second-order valence-corrected chi connectivity index (χ2v) is 6.68. The average molecular weight is 345 g/mol. The molecule has 0 aliphatic carbocycles. The quantitative estimate of drug-likeness (QED) is 0.800. The van der Waals surface area contributed by atoms with Gasteiger partial charge in [-0.15, -0.1) is 0 Å². The smallest absolute Gasteiger partial charge is 0.209 e. The molecule has 0 unspecified atom stereocenters. The predicted molar refractivity (Wildman–Crippen MR) is 78.3 cm³/mol. The van der Waals surface area contributed by atoms with Crippen LogP contribution in [0.2, 0.25) is 0 Å². The molecule has 0 saturated carbocycles. The van der Waals surface area contributed by atoms with Gasteiger partial charge in [-0.05, 0) is 24.6 Å². The Bertz CT molecular complexity index is 690. The van der Waals surface area contributed by atoms with Crippen LogP contribution in [0.5, 0.6) is 0 Å². The molecular weight excluding hydrogens is 332 g/mol. The number of rotatable bonds is 5. The highest BCUT2D eigenvalue weighted by atomic mass is 79.9. The van der Waals surface area contributed by atoms with Crippen molar-refractivity contribution in [2.75, 3.05) is 17.6 Å². The molecule has 1 aromatic carbocycles. The maximum atomic E-state index is 10.8. The summed E-state index contributed by atoms with van der Waals surface area (Å²) in [6.45, 7) is 0.481. The van der Waals surface area contributed by atoms with E-state index < -0.39 is 10.0 Å². The van der Waals surface area contributed by atoms with Crippen LogP contribution < -0.4 is 10.5 Å². The van der Waals surface area contributed by atoms with Crippen LogP contribution in [0.1, 0.15) is 6.42 Å². The summed E-state index contributed by atoms with van der Waals surface area (Å²) < 4.78 is 22.6. The second-order valence-electron chi connectivity index (χ2n) is 4.03. The van der Waals surface area contributed by atoms with Gasteiger partial charge in [0.2, 0.25) is 10.0 Å². The minimum absolute atomic E-state index is 0.0489. The summed E-state index contributed by atoms with van der Waals surface area (Å²) in [5, 5.41) is 8.92. The van der Waals surface area contributed by atoms with E-state index in [-0.39, 0.29) is 5.75 Å². The van der Waals surface area contributed by atoms with Crippen LogP contribution in [0.25, 0.3) is 10.9 Å². The second kappa shape index (κ2) is 5.81. The lowest BCUT2D eigenvalue weighted by molar-refractivity contribution is 0.596. The molecule has 0 aliphatic heterocycles. The van der Waals surface area contributed by atoms with Gasteiger partial charge in [0.15, 0.2) is 0 Å². The number of aromatic nitrogens is 2. The van der Waals surface area contributed by atoms with E-state index in [9.17, 15) is 8.42 Å². The molecule has 8 heteroatoms. The summed E-state index contributed by atoms with van der Waals surface area (Å²) in [5.74, 6) is 0.632. The minimum Gasteiger partial charge on any atom is -0.369 e. The van der Waals surface area contributed by atoms with Crippen molar-refractivity contribution in [1.29, 1.82) is 0 Å². The Kier molecular flexibility index (Phi) is 4.33. The zero-order chi connectivity index (χ0) is 13.9. The van der Waals surface area contributed by atoms with E-state index in [0.29, 0.717) is 18.8 Å². The third-order valence-corrected chi connectivity index (χ3v) is 3.85. The number of nitrogens with two attached hydrogens (primary N) is 1. The topological polar surface area (TPSA) is 98.0 Å². The molecule has 0 spiro atoms. The highest BCUT2D eigenvalue weighted by Gasteiger charge is 2.05. The lowest BCUT2D eigenvalue weighted by Gasteiger charge is -2.08. The standard InChI is InChI=1S/C11H13BrN4O2S/c12-8-2-3-10-9(6-8)11(16-7-15-10)14-4-1-5-19(13,17)18/h2-3,6-7H,1,4-5H2,(H2,13,17,18)(H,14,15,16). The van der Waals surface area contributed by atoms with Crippen LogP contribution in [0.4, 0.5) is 5.82 Å². The lowest BCUT2D eigenvalue weighted by atomic mass is 10.2. The summed E-state index contributed by atoms with van der Waals surface area (Å²) in [6.07, 6.45) is 1.90. The van der Waals surface area contributed by atoms with Crippen molar-refractivity contribution in [3.8, 4) is 0 Å². The SMILES string of the molecule is NS(=O)(=O)CCCNc1ncnc2ccc(Br)cc12. The first-order valence-electron chi connectivity index (χ1n) is 5.60. The number of primary sulfonamides is 1. The van der Waals surface area contributed by atoms with E-state index in [1.54, 1.807) is 0 Å². The zero-order valence-electron chi connectivity index (χ0n) is 10.0. The Balaban J connectivity index is 2.10. The normalized spacial score (nSPS) is 11.7. The molecule has 0 amide bonds. The molecule has 0 radical (unpaired) electrons. The molecule has 1 heterocycles. The van der Waals surface area contributed by atoms with E-state index in [1.807, 2.05) is 18.2 Å². The van der Waals surface area contributed by atoms with Gasteiger partial charge in [-0.1, -0.05) is 15.9 Å². The first-order chi connectivity index (χ1) is 8.96. The molecule has 0 saturated heterocycles. The van der Waals surface area contributed by atoms with E-state index >= 15 is 0 Å². The number of benzene rings is 1. The van der Waals surface area contributed by atoms with Crippen molar-refractivity contribution in [1.82, 2.24) is 9.97 Å². The van der Waals surface area contributed by atoms with Gasteiger partial charge in [0.05, 0.1) is 11.3 Å². The van der Waals surface area contributed by atoms with Crippen LogP contribution in [0.3, 0.4) is 0 Å². The van der Waals surface area contributed by atoms with Crippen LogP contribution >= 0.6 is 15.9 Å². The van der Waals surface area contributed by atoms with Crippen molar-refractivity contribution in [3.05, 3.63) is 29.0 Å². The van der Waals surface area contributed by atoms with E-state index in [4.69, 9.17) is 5.14 Å². The Morgan fingerprint density at radius 3 is 2.84 bits per heavy atom. The Morgan fingerprint density at radius 1 is 1.32 bits per heavy atom. The van der Waals surface area contributed by atoms with Crippen LogP contribution in [-0.4, -0.2) is 30.7 Å². The van der Waals surface area contributed by atoms with E-state index in [2.05, 4.69) is 31.2 Å². The minimum atomic E-state index is -3.41. The molecular formula is C11H13BrN4O2S. The highest BCUT2D eigenvalue weighted by molar-refractivity contribution is 9.10. The fraction of sp³-hybridized carbons (Fsp3) is 0.273. The van der Waals surface area contributed by atoms with E-state index in [1.165, 1.54) is 6.33 Å². The zero-order valence-corrected chi connectivity index (χ0v) is 12.4. The summed E-state index contributed by atoms with van der Waals surface area (Å²) in [6, 6.07) is 5.70. The van der Waals surface area contributed by atoms with Gasteiger partial charge in [-0.2, -0.15) is 0 Å². The van der Waals surface area contributed by atoms with Crippen molar-refractivity contribution in [2.24, 2.45) is 5.14 Å². The van der Waals surface area contributed by atoms with Gasteiger partial charge in [0.1, 0.15) is 12.1 Å². The van der Waals surface area contributed by atoms with Gasteiger partial charge in [-0.3, -0.25) is 0 Å². The molecule has 102 valence electrons. The Hall–Kier alpha value is -1.25. The first-order valence-corrected chi connectivity index (χ1v) is 8.11. The third-order valence-electron chi connectivity index (χ3n) is 2.50. The molecule has 0 fully saturated rings. The molecule has 2 rings (SSSR count). The van der Waals surface area contributed by atoms with Gasteiger partial charge < -0.3 is 5.32 Å². The average Bonchev–Trinajstić information content (AvgIpc) is 2.33. The number of anilines is 1. The van der Waals surface area contributed by atoms with Gasteiger partial charge in [0, 0.05) is 16.4 Å². The van der Waals surface area contributed by atoms with Crippen molar-refractivity contribution in [3.63, 3.8) is 0 Å².